The molecule has 0 spiro atoms. The topological polar surface area (TPSA) is 80.1 Å². The zero-order valence-electron chi connectivity index (χ0n) is 8.23. The van der Waals surface area contributed by atoms with Gasteiger partial charge in [-0.1, -0.05) is 0 Å². The molecular formula is C8H15N5O. The average molecular weight is 197 g/mol. The van der Waals surface area contributed by atoms with E-state index in [2.05, 4.69) is 20.1 Å². The van der Waals surface area contributed by atoms with Gasteiger partial charge < -0.3 is 15.4 Å². The van der Waals surface area contributed by atoms with Crippen LogP contribution in [-0.4, -0.2) is 40.9 Å². The lowest BCUT2D eigenvalue weighted by atomic mass is 10.3. The highest BCUT2D eigenvalue weighted by Crippen LogP contribution is 2.16. The van der Waals surface area contributed by atoms with E-state index in [0.717, 1.165) is 25.5 Å². The lowest BCUT2D eigenvalue weighted by molar-refractivity contribution is 0.314. The summed E-state index contributed by atoms with van der Waals surface area (Å²) in [5.41, 5.74) is 5.79. The molecule has 1 aliphatic heterocycles. The monoisotopic (exact) mass is 197 g/mol. The summed E-state index contributed by atoms with van der Waals surface area (Å²) in [6.45, 7) is 4.25. The predicted octanol–water partition coefficient (Wildman–Crippen LogP) is -0.259. The standard InChI is InChI=1S/C8H15N5O/c1-2-14-8-10-7(11-12-8)13-4-3-6(9)5-13/h6H,2-5,9H2,1H3,(H,10,11,12). The van der Waals surface area contributed by atoms with E-state index >= 15 is 0 Å². The van der Waals surface area contributed by atoms with E-state index in [-0.39, 0.29) is 6.04 Å². The third kappa shape index (κ3) is 1.79. The molecule has 1 unspecified atom stereocenters. The van der Waals surface area contributed by atoms with Crippen molar-refractivity contribution in [3.63, 3.8) is 0 Å². The van der Waals surface area contributed by atoms with Crippen molar-refractivity contribution in [3.8, 4) is 6.01 Å². The normalized spacial score (nSPS) is 21.6. The summed E-state index contributed by atoms with van der Waals surface area (Å²) in [5, 5.41) is 6.77. The van der Waals surface area contributed by atoms with Crippen LogP contribution < -0.4 is 15.4 Å². The van der Waals surface area contributed by atoms with Gasteiger partial charge in [0.05, 0.1) is 6.61 Å². The van der Waals surface area contributed by atoms with E-state index < -0.39 is 0 Å². The van der Waals surface area contributed by atoms with Crippen molar-refractivity contribution in [1.82, 2.24) is 15.2 Å². The lowest BCUT2D eigenvalue weighted by Gasteiger charge is -2.12. The molecule has 78 valence electrons. The minimum absolute atomic E-state index is 0.246. The van der Waals surface area contributed by atoms with Gasteiger partial charge >= 0.3 is 6.01 Å². The van der Waals surface area contributed by atoms with Gasteiger partial charge in [-0.3, -0.25) is 0 Å². The number of nitrogens with one attached hydrogen (secondary N) is 1. The molecule has 0 bridgehead atoms. The Morgan fingerprint density at radius 2 is 2.57 bits per heavy atom. The number of aromatic amines is 1. The van der Waals surface area contributed by atoms with Crippen LogP contribution in [0.2, 0.25) is 0 Å². The van der Waals surface area contributed by atoms with E-state index in [4.69, 9.17) is 10.5 Å². The Morgan fingerprint density at radius 3 is 3.21 bits per heavy atom. The molecule has 0 amide bonds. The maximum atomic E-state index is 5.79. The quantitative estimate of drug-likeness (QED) is 0.698. The molecule has 0 saturated carbocycles. The molecule has 2 heterocycles. The summed E-state index contributed by atoms with van der Waals surface area (Å²) >= 11 is 0. The van der Waals surface area contributed by atoms with Crippen molar-refractivity contribution < 1.29 is 4.74 Å². The minimum atomic E-state index is 0.246. The minimum Gasteiger partial charge on any atom is -0.463 e. The molecule has 1 aliphatic rings. The molecule has 2 rings (SSSR count). The zero-order valence-corrected chi connectivity index (χ0v) is 8.23. The first-order chi connectivity index (χ1) is 6.79. The SMILES string of the molecule is CCOc1n[nH]c(N2CCC(N)C2)n1. The van der Waals surface area contributed by atoms with Crippen molar-refractivity contribution in [2.45, 2.75) is 19.4 Å². The third-order valence-corrected chi connectivity index (χ3v) is 2.25. The van der Waals surface area contributed by atoms with Gasteiger partial charge in [-0.15, -0.1) is 5.10 Å². The summed E-state index contributed by atoms with van der Waals surface area (Å²) in [7, 11) is 0. The van der Waals surface area contributed by atoms with Crippen LogP contribution >= 0.6 is 0 Å². The summed E-state index contributed by atoms with van der Waals surface area (Å²) in [4.78, 5) is 6.28. The molecule has 0 aromatic carbocycles. The maximum absolute atomic E-state index is 5.79. The van der Waals surface area contributed by atoms with Gasteiger partial charge in [0.15, 0.2) is 0 Å². The third-order valence-electron chi connectivity index (χ3n) is 2.25. The first-order valence-electron chi connectivity index (χ1n) is 4.85. The van der Waals surface area contributed by atoms with Crippen molar-refractivity contribution >= 4 is 5.95 Å². The molecule has 3 N–H and O–H groups in total. The number of anilines is 1. The summed E-state index contributed by atoms with van der Waals surface area (Å²) in [5.74, 6) is 0.751. The smallest absolute Gasteiger partial charge is 0.337 e. The van der Waals surface area contributed by atoms with E-state index in [1.165, 1.54) is 0 Å². The van der Waals surface area contributed by atoms with Crippen LogP contribution in [0.5, 0.6) is 6.01 Å². The van der Waals surface area contributed by atoms with Gasteiger partial charge in [-0.2, -0.15) is 4.98 Å². The average Bonchev–Trinajstić information content (AvgIpc) is 2.74. The maximum Gasteiger partial charge on any atom is 0.337 e. The number of hydrogen-bond donors (Lipinski definition) is 2. The van der Waals surface area contributed by atoms with Crippen LogP contribution in [0, 0.1) is 0 Å². The van der Waals surface area contributed by atoms with E-state index in [1.807, 2.05) is 6.92 Å². The van der Waals surface area contributed by atoms with Crippen molar-refractivity contribution in [1.29, 1.82) is 0 Å². The Morgan fingerprint density at radius 1 is 1.71 bits per heavy atom. The van der Waals surface area contributed by atoms with Gasteiger partial charge in [-0.05, 0) is 13.3 Å². The largest absolute Gasteiger partial charge is 0.463 e. The lowest BCUT2D eigenvalue weighted by Crippen LogP contribution is -2.26. The highest BCUT2D eigenvalue weighted by atomic mass is 16.5. The predicted molar refractivity (Wildman–Crippen MR) is 52.4 cm³/mol. The van der Waals surface area contributed by atoms with Crippen molar-refractivity contribution in [2.24, 2.45) is 5.73 Å². The fourth-order valence-electron chi connectivity index (χ4n) is 1.55. The van der Waals surface area contributed by atoms with Crippen LogP contribution in [0.1, 0.15) is 13.3 Å². The summed E-state index contributed by atoms with van der Waals surface area (Å²) in [6.07, 6.45) is 1.00. The van der Waals surface area contributed by atoms with Crippen LogP contribution in [0.4, 0.5) is 5.95 Å². The molecule has 0 aliphatic carbocycles. The second-order valence-electron chi connectivity index (χ2n) is 3.37. The van der Waals surface area contributed by atoms with Gasteiger partial charge in [-0.25, -0.2) is 5.10 Å². The Bertz CT molecular complexity index is 300. The van der Waals surface area contributed by atoms with Crippen LogP contribution in [-0.2, 0) is 0 Å². The molecule has 6 nitrogen and oxygen atoms in total. The molecule has 1 saturated heterocycles. The van der Waals surface area contributed by atoms with Gasteiger partial charge in [0.1, 0.15) is 0 Å². The fraction of sp³-hybridized carbons (Fsp3) is 0.750. The highest BCUT2D eigenvalue weighted by molar-refractivity contribution is 5.32. The summed E-state index contributed by atoms with van der Waals surface area (Å²) in [6, 6.07) is 0.651. The molecule has 1 aromatic rings. The van der Waals surface area contributed by atoms with E-state index in [1.54, 1.807) is 0 Å². The number of nitrogens with zero attached hydrogens (tertiary/aromatic N) is 3. The molecule has 1 aromatic heterocycles. The molecule has 6 heteroatoms. The first-order valence-corrected chi connectivity index (χ1v) is 4.85. The first kappa shape index (κ1) is 9.26. The molecule has 1 atom stereocenters. The number of ether oxygens (including phenoxy) is 1. The van der Waals surface area contributed by atoms with Crippen LogP contribution in [0.15, 0.2) is 0 Å². The Kier molecular flexibility index (Phi) is 2.53. The molecule has 0 radical (unpaired) electrons. The Balaban J connectivity index is 2.02. The molecule has 14 heavy (non-hydrogen) atoms. The summed E-state index contributed by atoms with van der Waals surface area (Å²) < 4.78 is 5.16. The fourth-order valence-corrected chi connectivity index (χ4v) is 1.55. The van der Waals surface area contributed by atoms with Crippen molar-refractivity contribution in [3.05, 3.63) is 0 Å². The number of hydrogen-bond acceptors (Lipinski definition) is 5. The Hall–Kier alpha value is -1.30. The molecule has 1 fully saturated rings. The van der Waals surface area contributed by atoms with E-state index in [0.29, 0.717) is 12.6 Å². The Labute approximate surface area is 82.4 Å². The van der Waals surface area contributed by atoms with Gasteiger partial charge in [0.25, 0.3) is 0 Å². The van der Waals surface area contributed by atoms with Gasteiger partial charge in [0, 0.05) is 19.1 Å². The zero-order chi connectivity index (χ0) is 9.97. The second-order valence-corrected chi connectivity index (χ2v) is 3.37. The van der Waals surface area contributed by atoms with Crippen LogP contribution in [0.25, 0.3) is 0 Å². The number of H-pyrrole nitrogens is 1. The number of nitrogens with two attached hydrogens (primary N) is 1. The van der Waals surface area contributed by atoms with E-state index in [9.17, 15) is 0 Å². The highest BCUT2D eigenvalue weighted by Gasteiger charge is 2.21. The number of rotatable bonds is 3. The second kappa shape index (κ2) is 3.83. The van der Waals surface area contributed by atoms with Crippen molar-refractivity contribution in [2.75, 3.05) is 24.6 Å². The van der Waals surface area contributed by atoms with Gasteiger partial charge in [0.2, 0.25) is 5.95 Å². The van der Waals surface area contributed by atoms with Crippen LogP contribution in [0.3, 0.4) is 0 Å². The molecular weight excluding hydrogens is 182 g/mol. The number of aromatic nitrogens is 3.